The molecule has 2 aromatic heterocycles. The van der Waals surface area contributed by atoms with Crippen molar-refractivity contribution in [2.45, 2.75) is 45.9 Å². The number of furan rings is 1. The van der Waals surface area contributed by atoms with E-state index in [1.54, 1.807) is 6.26 Å². The minimum Gasteiger partial charge on any atom is -0.467 e. The number of H-pyrrole nitrogens is 1. The third kappa shape index (κ3) is 4.57. The predicted molar refractivity (Wildman–Crippen MR) is 122 cm³/mol. The van der Waals surface area contributed by atoms with Gasteiger partial charge in [0.1, 0.15) is 5.76 Å². The van der Waals surface area contributed by atoms with E-state index in [0.29, 0.717) is 30.3 Å². The lowest BCUT2D eigenvalue weighted by molar-refractivity contribution is 0.0896. The quantitative estimate of drug-likeness (QED) is 0.586. The van der Waals surface area contributed by atoms with Crippen LogP contribution in [-0.4, -0.2) is 34.3 Å². The summed E-state index contributed by atoms with van der Waals surface area (Å²) in [5, 5.41) is 4.90. The van der Waals surface area contributed by atoms with Gasteiger partial charge in [-0.3, -0.25) is 4.79 Å². The Labute approximate surface area is 181 Å². The molecule has 1 saturated heterocycles. The molecular weight excluding hydrogens is 398 g/mol. The molecule has 6 nitrogen and oxygen atoms in total. The Morgan fingerprint density at radius 2 is 2.13 bits per heavy atom. The Balaban J connectivity index is 1.58. The van der Waals surface area contributed by atoms with Crippen molar-refractivity contribution in [2.75, 3.05) is 13.2 Å². The maximum Gasteiger partial charge on any atom is 0.253 e. The van der Waals surface area contributed by atoms with Crippen molar-refractivity contribution in [3.8, 4) is 0 Å². The molecule has 0 radical (unpaired) electrons. The minimum absolute atomic E-state index is 0.0811. The second kappa shape index (κ2) is 9.02. The molecule has 3 aromatic rings. The first-order valence-corrected chi connectivity index (χ1v) is 10.7. The number of aromatic amines is 1. The van der Waals surface area contributed by atoms with Gasteiger partial charge in [0, 0.05) is 24.1 Å². The van der Waals surface area contributed by atoms with Gasteiger partial charge in [0.05, 0.1) is 31.0 Å². The SMILES string of the molecule is Cc1ccc(C)c2[nH]c(=O)c(CN(C[C@@H]3CCCO3)C(=S)NCc3ccco3)cc12. The molecule has 0 aliphatic carbocycles. The van der Waals surface area contributed by atoms with Crippen LogP contribution < -0.4 is 10.9 Å². The monoisotopic (exact) mass is 425 g/mol. The van der Waals surface area contributed by atoms with E-state index in [-0.39, 0.29) is 11.7 Å². The van der Waals surface area contributed by atoms with Crippen LogP contribution in [0.4, 0.5) is 0 Å². The van der Waals surface area contributed by atoms with Crippen LogP contribution in [-0.2, 0) is 17.8 Å². The number of aryl methyl sites for hydroxylation is 2. The summed E-state index contributed by atoms with van der Waals surface area (Å²) in [5.41, 5.74) is 3.70. The highest BCUT2D eigenvalue weighted by molar-refractivity contribution is 7.80. The van der Waals surface area contributed by atoms with Gasteiger partial charge in [0.2, 0.25) is 0 Å². The predicted octanol–water partition coefficient (Wildman–Crippen LogP) is 3.79. The fourth-order valence-corrected chi connectivity index (χ4v) is 4.09. The molecule has 0 amide bonds. The van der Waals surface area contributed by atoms with E-state index in [0.717, 1.165) is 47.2 Å². The highest BCUT2D eigenvalue weighted by Crippen LogP contribution is 2.21. The number of hydrogen-bond acceptors (Lipinski definition) is 4. The number of ether oxygens (including phenoxy) is 1. The van der Waals surface area contributed by atoms with Crippen LogP contribution in [0.3, 0.4) is 0 Å². The molecule has 7 heteroatoms. The number of hydrogen-bond donors (Lipinski definition) is 2. The highest BCUT2D eigenvalue weighted by Gasteiger charge is 2.22. The maximum absolute atomic E-state index is 12.8. The summed E-state index contributed by atoms with van der Waals surface area (Å²) in [6.45, 7) is 6.41. The van der Waals surface area contributed by atoms with Crippen molar-refractivity contribution in [2.24, 2.45) is 0 Å². The first-order valence-electron chi connectivity index (χ1n) is 10.3. The Kier molecular flexibility index (Phi) is 6.20. The molecule has 1 fully saturated rings. The van der Waals surface area contributed by atoms with Gasteiger partial charge < -0.3 is 24.4 Å². The number of nitrogens with one attached hydrogen (secondary N) is 2. The van der Waals surface area contributed by atoms with E-state index in [4.69, 9.17) is 21.4 Å². The zero-order valence-corrected chi connectivity index (χ0v) is 18.2. The van der Waals surface area contributed by atoms with Gasteiger partial charge in [0.25, 0.3) is 5.56 Å². The van der Waals surface area contributed by atoms with Crippen LogP contribution >= 0.6 is 12.2 Å². The summed E-state index contributed by atoms with van der Waals surface area (Å²) in [4.78, 5) is 17.9. The first kappa shape index (κ1) is 20.6. The largest absolute Gasteiger partial charge is 0.467 e. The fraction of sp³-hybridized carbons (Fsp3) is 0.391. The number of pyridine rings is 1. The van der Waals surface area contributed by atoms with Crippen molar-refractivity contribution >= 4 is 28.2 Å². The summed E-state index contributed by atoms with van der Waals surface area (Å²) in [5.74, 6) is 0.809. The first-order chi connectivity index (χ1) is 14.5. The van der Waals surface area contributed by atoms with E-state index < -0.39 is 0 Å². The van der Waals surface area contributed by atoms with Crippen molar-refractivity contribution in [1.82, 2.24) is 15.2 Å². The molecule has 0 saturated carbocycles. The third-order valence-electron chi connectivity index (χ3n) is 5.61. The Hall–Kier alpha value is -2.64. The van der Waals surface area contributed by atoms with Gasteiger partial charge in [-0.1, -0.05) is 12.1 Å². The molecule has 0 unspecified atom stereocenters. The summed E-state index contributed by atoms with van der Waals surface area (Å²) < 4.78 is 11.2. The zero-order chi connectivity index (χ0) is 21.1. The second-order valence-corrected chi connectivity index (χ2v) is 8.25. The number of nitrogens with zero attached hydrogens (tertiary/aromatic N) is 1. The van der Waals surface area contributed by atoms with Gasteiger partial charge in [-0.05, 0) is 68.2 Å². The van der Waals surface area contributed by atoms with E-state index in [1.165, 1.54) is 0 Å². The number of fused-ring (bicyclic) bond motifs is 1. The number of aromatic nitrogens is 1. The summed E-state index contributed by atoms with van der Waals surface area (Å²) in [7, 11) is 0. The van der Waals surface area contributed by atoms with E-state index in [2.05, 4.69) is 23.3 Å². The summed E-state index contributed by atoms with van der Waals surface area (Å²) >= 11 is 5.67. The summed E-state index contributed by atoms with van der Waals surface area (Å²) in [6, 6.07) is 9.86. The molecule has 1 aromatic carbocycles. The van der Waals surface area contributed by atoms with Crippen LogP contribution in [0.2, 0.25) is 0 Å². The second-order valence-electron chi connectivity index (χ2n) is 7.87. The fourth-order valence-electron chi connectivity index (χ4n) is 3.88. The lowest BCUT2D eigenvalue weighted by atomic mass is 10.0. The van der Waals surface area contributed by atoms with E-state index >= 15 is 0 Å². The van der Waals surface area contributed by atoms with Crippen LogP contribution in [0.25, 0.3) is 10.9 Å². The van der Waals surface area contributed by atoms with Crippen LogP contribution in [0, 0.1) is 13.8 Å². The average Bonchev–Trinajstić information content (AvgIpc) is 3.43. The zero-order valence-electron chi connectivity index (χ0n) is 17.4. The standard InChI is InChI=1S/C23H27N3O3S/c1-15-7-8-16(2)21-20(15)11-17(22(27)25-21)13-26(14-19-6-4-10-29-19)23(30)24-12-18-5-3-9-28-18/h3,5,7-9,11,19H,4,6,10,12-14H2,1-2H3,(H,24,30)(H,25,27)/t19-/m0/s1. The molecule has 1 aliphatic rings. The normalized spacial score (nSPS) is 16.1. The molecule has 30 heavy (non-hydrogen) atoms. The summed E-state index contributed by atoms with van der Waals surface area (Å²) in [6.07, 6.45) is 3.82. The maximum atomic E-state index is 12.8. The number of rotatable bonds is 6. The molecule has 158 valence electrons. The number of thiocarbonyl (C=S) groups is 1. The topological polar surface area (TPSA) is 70.5 Å². The van der Waals surface area contributed by atoms with Gasteiger partial charge in [0.15, 0.2) is 5.11 Å². The Morgan fingerprint density at radius 3 is 2.87 bits per heavy atom. The Bertz CT molecular complexity index is 1090. The van der Waals surface area contributed by atoms with Crippen LogP contribution in [0.1, 0.15) is 35.3 Å². The lowest BCUT2D eigenvalue weighted by Gasteiger charge is -2.28. The smallest absolute Gasteiger partial charge is 0.253 e. The molecule has 4 rings (SSSR count). The lowest BCUT2D eigenvalue weighted by Crippen LogP contribution is -2.43. The van der Waals surface area contributed by atoms with Gasteiger partial charge in [-0.2, -0.15) is 0 Å². The molecule has 0 bridgehead atoms. The van der Waals surface area contributed by atoms with Gasteiger partial charge in [-0.15, -0.1) is 0 Å². The Morgan fingerprint density at radius 1 is 1.30 bits per heavy atom. The molecule has 2 N–H and O–H groups in total. The molecule has 0 spiro atoms. The minimum atomic E-state index is -0.0811. The van der Waals surface area contributed by atoms with Crippen LogP contribution in [0.5, 0.6) is 0 Å². The highest BCUT2D eigenvalue weighted by atomic mass is 32.1. The molecule has 1 atom stereocenters. The van der Waals surface area contributed by atoms with Crippen molar-refractivity contribution in [3.63, 3.8) is 0 Å². The average molecular weight is 426 g/mol. The van der Waals surface area contributed by atoms with Crippen molar-refractivity contribution in [1.29, 1.82) is 0 Å². The van der Waals surface area contributed by atoms with Gasteiger partial charge >= 0.3 is 0 Å². The molecule has 1 aliphatic heterocycles. The van der Waals surface area contributed by atoms with Crippen molar-refractivity contribution < 1.29 is 9.15 Å². The molecule has 3 heterocycles. The van der Waals surface area contributed by atoms with Crippen LogP contribution in [0.15, 0.2) is 45.8 Å². The van der Waals surface area contributed by atoms with Crippen molar-refractivity contribution in [3.05, 3.63) is 69.4 Å². The van der Waals surface area contributed by atoms with E-state index in [9.17, 15) is 4.79 Å². The van der Waals surface area contributed by atoms with E-state index in [1.807, 2.05) is 36.1 Å². The molecular formula is C23H27N3O3S. The number of benzene rings is 1. The van der Waals surface area contributed by atoms with Gasteiger partial charge in [-0.25, -0.2) is 0 Å². The third-order valence-corrected chi connectivity index (χ3v) is 6.01.